The fourth-order valence-electron chi connectivity index (χ4n) is 4.54. The Morgan fingerprint density at radius 3 is 2.73 bits per heavy atom. The van der Waals surface area contributed by atoms with Crippen molar-refractivity contribution in [2.75, 3.05) is 44.7 Å². The molecule has 0 spiro atoms. The van der Waals surface area contributed by atoms with E-state index >= 15 is 0 Å². The predicted molar refractivity (Wildman–Crippen MR) is 123 cm³/mol. The van der Waals surface area contributed by atoms with Crippen LogP contribution in [0.2, 0.25) is 0 Å². The fraction of sp³-hybridized carbons (Fsp3) is 0.478. The highest BCUT2D eigenvalue weighted by Gasteiger charge is 2.27. The molecule has 2 aliphatic heterocycles. The van der Waals surface area contributed by atoms with Gasteiger partial charge >= 0.3 is 0 Å². The van der Waals surface area contributed by atoms with Crippen LogP contribution in [0.1, 0.15) is 25.3 Å². The maximum atomic E-state index is 12.8. The normalized spacial score (nSPS) is 18.0. The number of rotatable bonds is 5. The number of H-pyrrole nitrogens is 2. The highest BCUT2D eigenvalue weighted by atomic mass is 16.5. The molecule has 4 heterocycles. The van der Waals surface area contributed by atoms with E-state index in [2.05, 4.69) is 37.5 Å². The number of nitrogens with one attached hydrogen (secondary N) is 3. The van der Waals surface area contributed by atoms with Crippen LogP contribution in [0, 0.1) is 5.92 Å². The lowest BCUT2D eigenvalue weighted by Gasteiger charge is -2.30. The van der Waals surface area contributed by atoms with Crippen LogP contribution in [0.4, 0.5) is 5.69 Å². The molecule has 2 aromatic heterocycles. The van der Waals surface area contributed by atoms with Crippen molar-refractivity contribution in [3.8, 4) is 11.5 Å². The van der Waals surface area contributed by atoms with Gasteiger partial charge in [-0.15, -0.1) is 0 Å². The number of carbonyl (C=O) groups is 2. The SMILES string of the molecule is CC(=O)N1CCC(C(=O)Nc2c[nH]nc2-c2nc3cc(CN4CCOCC4)ccc3[nH]2)CC1. The zero-order valence-corrected chi connectivity index (χ0v) is 18.8. The first kappa shape index (κ1) is 21.6. The van der Waals surface area contributed by atoms with Crippen molar-refractivity contribution in [1.29, 1.82) is 0 Å². The number of likely N-dealkylation sites (tertiary alicyclic amines) is 1. The molecule has 3 N–H and O–H groups in total. The number of morpholine rings is 1. The van der Waals surface area contributed by atoms with Crippen LogP contribution in [-0.4, -0.2) is 81.2 Å². The second kappa shape index (κ2) is 9.32. The van der Waals surface area contributed by atoms with Crippen LogP contribution in [0.5, 0.6) is 0 Å². The number of aromatic amines is 2. The molecule has 2 amide bonds. The van der Waals surface area contributed by atoms with E-state index in [9.17, 15) is 9.59 Å². The van der Waals surface area contributed by atoms with Crippen LogP contribution >= 0.6 is 0 Å². The highest BCUT2D eigenvalue weighted by Crippen LogP contribution is 2.27. The topological polar surface area (TPSA) is 119 Å². The number of piperidine rings is 1. The van der Waals surface area contributed by atoms with Crippen molar-refractivity contribution >= 4 is 28.5 Å². The number of nitrogens with zero attached hydrogens (tertiary/aromatic N) is 4. The van der Waals surface area contributed by atoms with Gasteiger partial charge in [0.25, 0.3) is 0 Å². The van der Waals surface area contributed by atoms with Gasteiger partial charge in [-0.25, -0.2) is 4.98 Å². The Bertz CT molecular complexity index is 1140. The van der Waals surface area contributed by atoms with Gasteiger partial charge in [-0.2, -0.15) is 5.10 Å². The zero-order valence-electron chi connectivity index (χ0n) is 18.8. The van der Waals surface area contributed by atoms with E-state index in [1.165, 1.54) is 5.56 Å². The first-order chi connectivity index (χ1) is 16.1. The van der Waals surface area contributed by atoms with Gasteiger partial charge in [0.2, 0.25) is 11.8 Å². The molecule has 1 aromatic carbocycles. The number of hydrogen-bond donors (Lipinski definition) is 3. The molecular formula is C23H29N7O3. The lowest BCUT2D eigenvalue weighted by Crippen LogP contribution is -2.40. The second-order valence-electron chi connectivity index (χ2n) is 8.74. The van der Waals surface area contributed by atoms with Crippen LogP contribution in [0.25, 0.3) is 22.6 Å². The molecule has 0 radical (unpaired) electrons. The second-order valence-corrected chi connectivity index (χ2v) is 8.74. The Morgan fingerprint density at radius 2 is 1.97 bits per heavy atom. The van der Waals surface area contributed by atoms with E-state index in [1.54, 1.807) is 18.0 Å². The summed E-state index contributed by atoms with van der Waals surface area (Å²) in [6.07, 6.45) is 3.00. The number of fused-ring (bicyclic) bond motifs is 1. The third-order valence-corrected chi connectivity index (χ3v) is 6.49. The Balaban J connectivity index is 1.28. The maximum absolute atomic E-state index is 12.8. The number of carbonyl (C=O) groups excluding carboxylic acids is 2. The summed E-state index contributed by atoms with van der Waals surface area (Å²) in [4.78, 5) is 36.6. The van der Waals surface area contributed by atoms with E-state index in [4.69, 9.17) is 9.72 Å². The van der Waals surface area contributed by atoms with E-state index in [0.29, 0.717) is 43.1 Å². The molecular weight excluding hydrogens is 422 g/mol. The van der Waals surface area contributed by atoms with Crippen LogP contribution in [-0.2, 0) is 20.9 Å². The van der Waals surface area contributed by atoms with Crippen molar-refractivity contribution < 1.29 is 14.3 Å². The van der Waals surface area contributed by atoms with Crippen molar-refractivity contribution in [2.24, 2.45) is 5.92 Å². The van der Waals surface area contributed by atoms with Gasteiger partial charge in [0.1, 0.15) is 0 Å². The molecule has 0 saturated carbocycles. The van der Waals surface area contributed by atoms with Crippen LogP contribution in [0.3, 0.4) is 0 Å². The summed E-state index contributed by atoms with van der Waals surface area (Å²) in [6.45, 7) is 7.09. The van der Waals surface area contributed by atoms with Crippen LogP contribution < -0.4 is 5.32 Å². The number of amides is 2. The minimum Gasteiger partial charge on any atom is -0.379 e. The van der Waals surface area contributed by atoms with E-state index in [1.807, 2.05) is 6.07 Å². The molecule has 0 aliphatic carbocycles. The van der Waals surface area contributed by atoms with Gasteiger partial charge in [-0.05, 0) is 30.5 Å². The van der Waals surface area contributed by atoms with Gasteiger partial charge in [-0.1, -0.05) is 6.07 Å². The molecule has 2 aliphatic rings. The van der Waals surface area contributed by atoms with Crippen LogP contribution in [0.15, 0.2) is 24.4 Å². The molecule has 5 rings (SSSR count). The summed E-state index contributed by atoms with van der Waals surface area (Å²) < 4.78 is 5.43. The predicted octanol–water partition coefficient (Wildman–Crippen LogP) is 1.98. The molecule has 174 valence electrons. The molecule has 2 fully saturated rings. The Hall–Kier alpha value is -3.24. The number of ether oxygens (including phenoxy) is 1. The smallest absolute Gasteiger partial charge is 0.227 e. The van der Waals surface area contributed by atoms with Crippen molar-refractivity contribution in [2.45, 2.75) is 26.3 Å². The quantitative estimate of drug-likeness (QED) is 0.546. The van der Waals surface area contributed by atoms with Gasteiger partial charge in [0.05, 0.1) is 29.9 Å². The number of anilines is 1. The summed E-state index contributed by atoms with van der Waals surface area (Å²) in [7, 11) is 0. The van der Waals surface area contributed by atoms with E-state index in [0.717, 1.165) is 43.9 Å². The summed E-state index contributed by atoms with van der Waals surface area (Å²) in [6, 6.07) is 6.24. The molecule has 0 unspecified atom stereocenters. The average molecular weight is 452 g/mol. The highest BCUT2D eigenvalue weighted by molar-refractivity contribution is 5.96. The monoisotopic (exact) mass is 451 g/mol. The van der Waals surface area contributed by atoms with E-state index in [-0.39, 0.29) is 17.7 Å². The largest absolute Gasteiger partial charge is 0.379 e. The molecule has 10 heteroatoms. The minimum absolute atomic E-state index is 0.0511. The molecule has 33 heavy (non-hydrogen) atoms. The summed E-state index contributed by atoms with van der Waals surface area (Å²) in [5, 5.41) is 10.2. The number of hydrogen-bond acceptors (Lipinski definition) is 6. The molecule has 10 nitrogen and oxygen atoms in total. The summed E-state index contributed by atoms with van der Waals surface area (Å²) >= 11 is 0. The summed E-state index contributed by atoms with van der Waals surface area (Å²) in [5.41, 5.74) is 4.17. The Labute approximate surface area is 191 Å². The molecule has 0 atom stereocenters. The van der Waals surface area contributed by atoms with Gasteiger partial charge in [-0.3, -0.25) is 19.6 Å². The van der Waals surface area contributed by atoms with Gasteiger partial charge in [0.15, 0.2) is 11.5 Å². The number of imidazole rings is 1. The molecule has 2 saturated heterocycles. The van der Waals surface area contributed by atoms with Crippen molar-refractivity contribution in [3.63, 3.8) is 0 Å². The third kappa shape index (κ3) is 4.76. The average Bonchev–Trinajstić information content (AvgIpc) is 3.46. The Morgan fingerprint density at radius 1 is 1.18 bits per heavy atom. The number of benzene rings is 1. The maximum Gasteiger partial charge on any atom is 0.227 e. The van der Waals surface area contributed by atoms with Gasteiger partial charge < -0.3 is 19.9 Å². The van der Waals surface area contributed by atoms with E-state index < -0.39 is 0 Å². The zero-order chi connectivity index (χ0) is 22.8. The molecule has 3 aromatic rings. The minimum atomic E-state index is -0.123. The summed E-state index contributed by atoms with van der Waals surface area (Å²) in [5.74, 6) is 0.493. The first-order valence-electron chi connectivity index (χ1n) is 11.5. The van der Waals surface area contributed by atoms with Crippen molar-refractivity contribution in [3.05, 3.63) is 30.0 Å². The fourth-order valence-corrected chi connectivity index (χ4v) is 4.54. The third-order valence-electron chi connectivity index (χ3n) is 6.49. The number of aromatic nitrogens is 4. The molecule has 0 bridgehead atoms. The first-order valence-corrected chi connectivity index (χ1v) is 11.5. The lowest BCUT2D eigenvalue weighted by molar-refractivity contribution is -0.132. The van der Waals surface area contributed by atoms with Crippen molar-refractivity contribution in [1.82, 2.24) is 30.0 Å². The lowest BCUT2D eigenvalue weighted by atomic mass is 9.96. The Kier molecular flexibility index (Phi) is 6.10. The standard InChI is InChI=1S/C23H29N7O3/c1-15(31)30-6-4-17(5-7-30)23(32)27-20-13-24-28-21(20)22-25-18-3-2-16(12-19(18)26-22)14-29-8-10-33-11-9-29/h2-3,12-13,17H,4-11,14H2,1H3,(H,24,28)(H,25,26)(H,27,32). The van der Waals surface area contributed by atoms with Gasteiger partial charge in [0, 0.05) is 51.8 Å².